The van der Waals surface area contributed by atoms with Gasteiger partial charge in [-0.25, -0.2) is 8.42 Å². The summed E-state index contributed by atoms with van der Waals surface area (Å²) < 4.78 is 27.3. The van der Waals surface area contributed by atoms with E-state index in [2.05, 4.69) is 4.72 Å². The number of likely N-dealkylation sites (N-methyl/N-ethyl adjacent to an activating group) is 1. The number of nitrogens with one attached hydrogen (secondary N) is 1. The summed E-state index contributed by atoms with van der Waals surface area (Å²) in [7, 11) is -2.36. The molecule has 9 heteroatoms. The molecule has 0 aliphatic rings. The van der Waals surface area contributed by atoms with Gasteiger partial charge in [0, 0.05) is 13.6 Å². The van der Waals surface area contributed by atoms with Gasteiger partial charge in [0.1, 0.15) is 6.04 Å². The van der Waals surface area contributed by atoms with E-state index in [0.717, 1.165) is 0 Å². The lowest BCUT2D eigenvalue weighted by Gasteiger charge is -2.24. The van der Waals surface area contributed by atoms with Crippen LogP contribution >= 0.6 is 11.8 Å². The molecule has 0 aromatic heterocycles. The molecule has 0 bridgehead atoms. The molecule has 1 aromatic rings. The Kier molecular flexibility index (Phi) is 8.23. The Morgan fingerprint density at radius 2 is 1.92 bits per heavy atom. The highest BCUT2D eigenvalue weighted by atomic mass is 32.2. The Bertz CT molecular complexity index is 649. The zero-order chi connectivity index (χ0) is 18.2. The summed E-state index contributed by atoms with van der Waals surface area (Å²) in [4.78, 5) is 24.4. The van der Waals surface area contributed by atoms with Crippen LogP contribution in [0.3, 0.4) is 0 Å². The van der Waals surface area contributed by atoms with Crippen LogP contribution in [-0.4, -0.2) is 61.9 Å². The molecule has 2 N–H and O–H groups in total. The van der Waals surface area contributed by atoms with Crippen molar-refractivity contribution >= 4 is 33.7 Å². The van der Waals surface area contributed by atoms with Crippen LogP contribution in [0.25, 0.3) is 0 Å². The molecule has 134 valence electrons. The highest BCUT2D eigenvalue weighted by molar-refractivity contribution is 7.98. The van der Waals surface area contributed by atoms with E-state index in [1.165, 1.54) is 35.8 Å². The minimum Gasteiger partial charge on any atom is -0.481 e. The van der Waals surface area contributed by atoms with E-state index in [9.17, 15) is 18.0 Å². The van der Waals surface area contributed by atoms with Gasteiger partial charge in [0.25, 0.3) is 0 Å². The molecule has 1 aromatic carbocycles. The van der Waals surface area contributed by atoms with Crippen molar-refractivity contribution in [3.05, 3.63) is 30.3 Å². The third-order valence-electron chi connectivity index (χ3n) is 3.30. The van der Waals surface area contributed by atoms with Crippen molar-refractivity contribution in [1.29, 1.82) is 0 Å². The minimum atomic E-state index is -3.82. The fraction of sp³-hybridized carbons (Fsp3) is 0.467. The van der Waals surface area contributed by atoms with Crippen LogP contribution in [0, 0.1) is 0 Å². The molecule has 0 fully saturated rings. The number of thioether (sulfide) groups is 1. The maximum Gasteiger partial charge on any atom is 0.305 e. The topological polar surface area (TPSA) is 104 Å². The lowest BCUT2D eigenvalue weighted by Crippen LogP contribution is -2.48. The van der Waals surface area contributed by atoms with E-state index in [4.69, 9.17) is 5.11 Å². The first-order chi connectivity index (χ1) is 11.3. The van der Waals surface area contributed by atoms with Gasteiger partial charge in [-0.2, -0.15) is 16.5 Å². The second-order valence-electron chi connectivity index (χ2n) is 5.17. The number of carboxylic acids is 1. The number of carboxylic acid groups (broad SMARTS) is 1. The van der Waals surface area contributed by atoms with Crippen LogP contribution in [0.15, 0.2) is 35.2 Å². The molecule has 1 unspecified atom stereocenters. The number of carbonyl (C=O) groups is 2. The lowest BCUT2D eigenvalue weighted by atomic mass is 10.2. The van der Waals surface area contributed by atoms with Crippen molar-refractivity contribution in [1.82, 2.24) is 9.62 Å². The fourth-order valence-electron chi connectivity index (χ4n) is 1.96. The molecule has 0 saturated carbocycles. The van der Waals surface area contributed by atoms with Crippen LogP contribution in [0.2, 0.25) is 0 Å². The van der Waals surface area contributed by atoms with E-state index in [1.807, 2.05) is 6.26 Å². The SMILES string of the molecule is CSCCC(NS(=O)(=O)c1ccccc1)C(=O)N(C)CCC(=O)O. The minimum absolute atomic E-state index is 0.0248. The quantitative estimate of drug-likeness (QED) is 0.634. The number of rotatable bonds is 10. The monoisotopic (exact) mass is 374 g/mol. The van der Waals surface area contributed by atoms with Crippen molar-refractivity contribution in [2.75, 3.05) is 25.6 Å². The number of hydrogen-bond donors (Lipinski definition) is 2. The summed E-state index contributed by atoms with van der Waals surface area (Å²) in [5.74, 6) is -0.856. The Balaban J connectivity index is 2.88. The molecule has 24 heavy (non-hydrogen) atoms. The van der Waals surface area contributed by atoms with Gasteiger partial charge in [-0.15, -0.1) is 0 Å². The van der Waals surface area contributed by atoms with Gasteiger partial charge < -0.3 is 10.0 Å². The third kappa shape index (κ3) is 6.50. The van der Waals surface area contributed by atoms with E-state index < -0.39 is 27.9 Å². The zero-order valence-corrected chi connectivity index (χ0v) is 15.3. The van der Waals surface area contributed by atoms with Crippen molar-refractivity contribution in [3.63, 3.8) is 0 Å². The zero-order valence-electron chi connectivity index (χ0n) is 13.6. The highest BCUT2D eigenvalue weighted by Gasteiger charge is 2.27. The Labute approximate surface area is 146 Å². The van der Waals surface area contributed by atoms with Crippen molar-refractivity contribution in [3.8, 4) is 0 Å². The van der Waals surface area contributed by atoms with Gasteiger partial charge in [0.15, 0.2) is 0 Å². The first kappa shape index (κ1) is 20.5. The van der Waals surface area contributed by atoms with Crippen molar-refractivity contribution < 1.29 is 23.1 Å². The number of sulfonamides is 1. The first-order valence-electron chi connectivity index (χ1n) is 7.31. The van der Waals surface area contributed by atoms with Crippen LogP contribution in [0.5, 0.6) is 0 Å². The lowest BCUT2D eigenvalue weighted by molar-refractivity contribution is -0.138. The van der Waals surface area contributed by atoms with Crippen LogP contribution < -0.4 is 4.72 Å². The summed E-state index contributed by atoms with van der Waals surface area (Å²) in [6, 6.07) is 6.88. The molecule has 0 aliphatic heterocycles. The summed E-state index contributed by atoms with van der Waals surface area (Å²) in [5.41, 5.74) is 0. The molecule has 1 rings (SSSR count). The molecule has 0 spiro atoms. The van der Waals surface area contributed by atoms with Crippen LogP contribution in [0.1, 0.15) is 12.8 Å². The van der Waals surface area contributed by atoms with Gasteiger partial charge >= 0.3 is 5.97 Å². The van der Waals surface area contributed by atoms with Crippen LogP contribution in [0.4, 0.5) is 0 Å². The largest absolute Gasteiger partial charge is 0.481 e. The molecule has 0 heterocycles. The predicted molar refractivity (Wildman–Crippen MR) is 93.4 cm³/mol. The second-order valence-corrected chi connectivity index (χ2v) is 7.87. The Hall–Kier alpha value is -1.58. The number of nitrogens with zero attached hydrogens (tertiary/aromatic N) is 1. The van der Waals surface area contributed by atoms with Gasteiger partial charge in [-0.1, -0.05) is 18.2 Å². The molecule has 0 saturated heterocycles. The molecule has 0 aliphatic carbocycles. The number of hydrogen-bond acceptors (Lipinski definition) is 5. The molecular weight excluding hydrogens is 352 g/mol. The summed E-state index contributed by atoms with van der Waals surface area (Å²) in [6.45, 7) is 0.0248. The number of amides is 1. The van der Waals surface area contributed by atoms with Crippen molar-refractivity contribution in [2.24, 2.45) is 0 Å². The Morgan fingerprint density at radius 3 is 2.46 bits per heavy atom. The second kappa shape index (κ2) is 9.65. The summed E-state index contributed by atoms with van der Waals surface area (Å²) >= 11 is 1.50. The maximum absolute atomic E-state index is 12.5. The van der Waals surface area contributed by atoms with Gasteiger partial charge in [-0.05, 0) is 30.6 Å². The average molecular weight is 374 g/mol. The number of benzene rings is 1. The van der Waals surface area contributed by atoms with Gasteiger partial charge in [0.2, 0.25) is 15.9 Å². The van der Waals surface area contributed by atoms with Crippen molar-refractivity contribution in [2.45, 2.75) is 23.8 Å². The summed E-state index contributed by atoms with van der Waals surface area (Å²) in [5, 5.41) is 8.71. The average Bonchev–Trinajstić information content (AvgIpc) is 2.56. The highest BCUT2D eigenvalue weighted by Crippen LogP contribution is 2.12. The molecule has 7 nitrogen and oxygen atoms in total. The fourth-order valence-corrected chi connectivity index (χ4v) is 3.68. The van der Waals surface area contributed by atoms with Gasteiger partial charge in [0.05, 0.1) is 11.3 Å². The number of carbonyl (C=O) groups excluding carboxylic acids is 1. The van der Waals surface area contributed by atoms with E-state index in [-0.39, 0.29) is 17.9 Å². The summed E-state index contributed by atoms with van der Waals surface area (Å²) in [6.07, 6.45) is 1.99. The smallest absolute Gasteiger partial charge is 0.305 e. The molecule has 1 atom stereocenters. The maximum atomic E-state index is 12.5. The first-order valence-corrected chi connectivity index (χ1v) is 10.2. The van der Waals surface area contributed by atoms with Crippen LogP contribution in [-0.2, 0) is 19.6 Å². The molecule has 1 amide bonds. The number of aliphatic carboxylic acids is 1. The van der Waals surface area contributed by atoms with E-state index in [0.29, 0.717) is 12.2 Å². The Morgan fingerprint density at radius 1 is 1.29 bits per heavy atom. The predicted octanol–water partition coefficient (Wildman–Crippen LogP) is 1.02. The molecule has 0 radical (unpaired) electrons. The third-order valence-corrected chi connectivity index (χ3v) is 5.43. The normalized spacial score (nSPS) is 12.6. The van der Waals surface area contributed by atoms with E-state index in [1.54, 1.807) is 18.2 Å². The van der Waals surface area contributed by atoms with Gasteiger partial charge in [-0.3, -0.25) is 9.59 Å². The molecular formula is C15H22N2O5S2. The van der Waals surface area contributed by atoms with E-state index >= 15 is 0 Å². The standard InChI is InChI=1S/C15H22N2O5S2/c1-17(10-8-14(18)19)15(20)13(9-11-23-2)16-24(21,22)12-6-4-3-5-7-12/h3-7,13,16H,8-11H2,1-2H3,(H,18,19).